The summed E-state index contributed by atoms with van der Waals surface area (Å²) in [4.78, 5) is 12.7. The number of amides is 1. The van der Waals surface area contributed by atoms with Crippen LogP contribution in [0.4, 0.5) is 0 Å². The highest BCUT2D eigenvalue weighted by Gasteiger charge is 2.14. The maximum atomic E-state index is 12.7. The van der Waals surface area contributed by atoms with Gasteiger partial charge in [0, 0.05) is 42.7 Å². The third kappa shape index (κ3) is 8.11. The van der Waals surface area contributed by atoms with Gasteiger partial charge in [0.15, 0.2) is 17.3 Å². The molecule has 0 bridgehead atoms. The van der Waals surface area contributed by atoms with Gasteiger partial charge in [-0.15, -0.1) is 0 Å². The molecule has 8 nitrogen and oxygen atoms in total. The Hall–Kier alpha value is -4.18. The van der Waals surface area contributed by atoms with Crippen molar-refractivity contribution in [3.05, 3.63) is 127 Å². The van der Waals surface area contributed by atoms with E-state index >= 15 is 0 Å². The van der Waals surface area contributed by atoms with Crippen molar-refractivity contribution < 1.29 is 23.4 Å². The maximum absolute atomic E-state index is 12.7. The molecule has 0 saturated carbocycles. The van der Waals surface area contributed by atoms with Gasteiger partial charge in [-0.3, -0.25) is 4.79 Å². The summed E-state index contributed by atoms with van der Waals surface area (Å²) in [5, 5.41) is 5.16. The van der Waals surface area contributed by atoms with E-state index in [1.54, 1.807) is 36.4 Å². The van der Waals surface area contributed by atoms with E-state index in [1.807, 2.05) is 37.3 Å². The Morgan fingerprint density at radius 1 is 0.911 bits per heavy atom. The number of carbonyl (C=O) groups is 1. The molecule has 0 saturated heterocycles. The van der Waals surface area contributed by atoms with E-state index in [9.17, 15) is 4.79 Å². The predicted molar refractivity (Wildman–Crippen MR) is 179 cm³/mol. The van der Waals surface area contributed by atoms with Crippen LogP contribution in [0.1, 0.15) is 45.8 Å². The van der Waals surface area contributed by atoms with Gasteiger partial charge in [-0.2, -0.15) is 5.10 Å². The average Bonchev–Trinajstić information content (AvgIpc) is 3.63. The van der Waals surface area contributed by atoms with E-state index in [2.05, 4.69) is 57.0 Å². The number of aryl methyl sites for hydroxylation is 2. The van der Waals surface area contributed by atoms with Gasteiger partial charge in [-0.25, -0.2) is 5.43 Å². The lowest BCUT2D eigenvalue weighted by Gasteiger charge is -2.14. The molecule has 0 spiro atoms. The van der Waals surface area contributed by atoms with Crippen LogP contribution in [0.2, 0.25) is 10.0 Å². The number of rotatable bonds is 12. The first-order valence-electron chi connectivity index (χ1n) is 14.0. The number of benzene rings is 3. The summed E-state index contributed by atoms with van der Waals surface area (Å²) in [6, 6.07) is 24.0. The second-order valence-corrected chi connectivity index (χ2v) is 11.7. The number of nitrogens with zero attached hydrogens (tertiary/aromatic N) is 2. The number of carbonyl (C=O) groups excluding carboxylic acids is 1. The van der Waals surface area contributed by atoms with Crippen molar-refractivity contribution >= 4 is 51.3 Å². The van der Waals surface area contributed by atoms with E-state index < -0.39 is 5.91 Å². The van der Waals surface area contributed by atoms with Crippen LogP contribution in [0.15, 0.2) is 92.9 Å². The first kappa shape index (κ1) is 32.2. The fourth-order valence-corrected chi connectivity index (χ4v) is 5.43. The van der Waals surface area contributed by atoms with Crippen molar-refractivity contribution in [3.8, 4) is 22.9 Å². The van der Waals surface area contributed by atoms with Crippen LogP contribution in [0.25, 0.3) is 5.69 Å². The molecule has 2 aromatic heterocycles. The monoisotopic (exact) mass is 709 g/mol. The number of halogens is 3. The molecule has 0 fully saturated rings. The van der Waals surface area contributed by atoms with Crippen molar-refractivity contribution in [1.29, 1.82) is 0 Å². The van der Waals surface area contributed by atoms with Gasteiger partial charge in [0.1, 0.15) is 24.7 Å². The first-order chi connectivity index (χ1) is 21.7. The molecule has 1 N–H and O–H groups in total. The zero-order valence-corrected chi connectivity index (χ0v) is 27.9. The normalized spacial score (nSPS) is 11.2. The number of hydrogen-bond acceptors (Lipinski definition) is 6. The van der Waals surface area contributed by atoms with E-state index in [0.717, 1.165) is 22.6 Å². The quantitative estimate of drug-likeness (QED) is 0.103. The minimum absolute atomic E-state index is 0.110. The highest BCUT2D eigenvalue weighted by molar-refractivity contribution is 9.10. The number of nitrogens with one attached hydrogen (secondary N) is 1. The molecule has 11 heteroatoms. The van der Waals surface area contributed by atoms with Gasteiger partial charge in [-0.05, 0) is 109 Å². The number of ether oxygens (including phenoxy) is 3. The molecule has 2 heterocycles. The van der Waals surface area contributed by atoms with Gasteiger partial charge in [0.2, 0.25) is 0 Å². The zero-order chi connectivity index (χ0) is 31.9. The van der Waals surface area contributed by atoms with Crippen molar-refractivity contribution in [2.45, 2.75) is 34.0 Å². The predicted octanol–water partition coefficient (Wildman–Crippen LogP) is 9.08. The topological polar surface area (TPSA) is 87.2 Å². The summed E-state index contributed by atoms with van der Waals surface area (Å²) in [6.07, 6.45) is 1.50. The Bertz CT molecular complexity index is 1810. The number of hydrazone groups is 1. The van der Waals surface area contributed by atoms with Crippen LogP contribution < -0.4 is 19.6 Å². The second-order valence-electron chi connectivity index (χ2n) is 9.98. The largest absolute Gasteiger partial charge is 0.490 e. The SMILES string of the molecule is CCOc1cc(/C=N/NC(=O)c2ccc(COc3ccc(-n4c(C)ccc4C)cc3)o2)c(Br)cc1OCc1ccc(Cl)cc1Cl. The third-order valence-corrected chi connectivity index (χ3v) is 8.04. The van der Waals surface area contributed by atoms with Crippen molar-refractivity contribution in [2.75, 3.05) is 6.61 Å². The minimum Gasteiger partial charge on any atom is -0.490 e. The van der Waals surface area contributed by atoms with Gasteiger partial charge >= 0.3 is 5.91 Å². The number of furan rings is 1. The molecule has 0 atom stereocenters. The lowest BCUT2D eigenvalue weighted by atomic mass is 10.2. The second kappa shape index (κ2) is 14.7. The Morgan fingerprint density at radius 3 is 2.36 bits per heavy atom. The fourth-order valence-electron chi connectivity index (χ4n) is 4.54. The van der Waals surface area contributed by atoms with Crippen molar-refractivity contribution in [3.63, 3.8) is 0 Å². The lowest BCUT2D eigenvalue weighted by Crippen LogP contribution is -2.16. The minimum atomic E-state index is -0.500. The Kier molecular flexibility index (Phi) is 10.5. The summed E-state index contributed by atoms with van der Waals surface area (Å²) >= 11 is 15.8. The highest BCUT2D eigenvalue weighted by atomic mass is 79.9. The fraction of sp³-hybridized carbons (Fsp3) is 0.176. The van der Waals surface area contributed by atoms with E-state index in [0.29, 0.717) is 49.7 Å². The standard InChI is InChI=1S/C34H30BrCl2N3O5/c1-4-42-32-15-24(29(35)17-33(32)44-19-23-7-8-25(36)16-30(23)37)18-38-39-34(41)31-14-13-28(45-31)20-43-27-11-9-26(10-12-27)40-21(2)5-6-22(40)3/h5-18H,4,19-20H2,1-3H3,(H,39,41)/b38-18+. The summed E-state index contributed by atoms with van der Waals surface area (Å²) in [5.41, 5.74) is 7.32. The van der Waals surface area contributed by atoms with Crippen LogP contribution in [-0.2, 0) is 13.2 Å². The van der Waals surface area contributed by atoms with Crippen LogP contribution in [0.3, 0.4) is 0 Å². The number of aromatic nitrogens is 1. The summed E-state index contributed by atoms with van der Waals surface area (Å²) < 4.78 is 26.2. The molecule has 5 rings (SSSR count). The van der Waals surface area contributed by atoms with Gasteiger partial charge in [0.05, 0.1) is 12.8 Å². The van der Waals surface area contributed by atoms with Crippen molar-refractivity contribution in [1.82, 2.24) is 9.99 Å². The molecule has 0 aliphatic heterocycles. The number of hydrogen-bond donors (Lipinski definition) is 1. The molecule has 0 unspecified atom stereocenters. The Labute approximate surface area is 279 Å². The molecule has 3 aromatic carbocycles. The van der Waals surface area contributed by atoms with E-state index in [4.69, 9.17) is 41.8 Å². The Balaban J connectivity index is 1.16. The van der Waals surface area contributed by atoms with Gasteiger partial charge < -0.3 is 23.2 Å². The molecular formula is C34H30BrCl2N3O5. The van der Waals surface area contributed by atoms with E-state index in [-0.39, 0.29) is 19.0 Å². The van der Waals surface area contributed by atoms with Gasteiger partial charge in [-0.1, -0.05) is 29.3 Å². The lowest BCUT2D eigenvalue weighted by molar-refractivity contribution is 0.0923. The molecule has 5 aromatic rings. The van der Waals surface area contributed by atoms with Crippen LogP contribution >= 0.6 is 39.1 Å². The molecule has 0 aliphatic rings. The van der Waals surface area contributed by atoms with Crippen molar-refractivity contribution in [2.24, 2.45) is 5.10 Å². The average molecular weight is 711 g/mol. The van der Waals surface area contributed by atoms with Crippen LogP contribution in [0, 0.1) is 13.8 Å². The summed E-state index contributed by atoms with van der Waals surface area (Å²) in [5.74, 6) is 1.83. The van der Waals surface area contributed by atoms with Gasteiger partial charge in [0.25, 0.3) is 0 Å². The molecule has 45 heavy (non-hydrogen) atoms. The first-order valence-corrected chi connectivity index (χ1v) is 15.6. The summed E-state index contributed by atoms with van der Waals surface area (Å²) in [6.45, 7) is 6.84. The van der Waals surface area contributed by atoms with Crippen LogP contribution in [-0.4, -0.2) is 23.3 Å². The maximum Gasteiger partial charge on any atom is 0.307 e. The van der Waals surface area contributed by atoms with Crippen LogP contribution in [0.5, 0.6) is 17.2 Å². The smallest absolute Gasteiger partial charge is 0.307 e. The summed E-state index contributed by atoms with van der Waals surface area (Å²) in [7, 11) is 0. The molecular weight excluding hydrogens is 681 g/mol. The molecule has 1 amide bonds. The molecule has 232 valence electrons. The Morgan fingerprint density at radius 2 is 1.64 bits per heavy atom. The third-order valence-electron chi connectivity index (χ3n) is 6.76. The van der Waals surface area contributed by atoms with E-state index in [1.165, 1.54) is 6.21 Å². The molecule has 0 radical (unpaired) electrons. The zero-order valence-electron chi connectivity index (χ0n) is 24.8. The highest BCUT2D eigenvalue weighted by Crippen LogP contribution is 2.34. The molecule has 0 aliphatic carbocycles.